The maximum Gasteiger partial charge on any atom is 0.191 e. The number of aromatic amines is 1. The number of aliphatic imine (C=N–C) groups is 1. The maximum absolute atomic E-state index is 4.67. The van der Waals surface area contributed by atoms with Gasteiger partial charge in [0.15, 0.2) is 5.96 Å². The van der Waals surface area contributed by atoms with Gasteiger partial charge in [0.1, 0.15) is 0 Å². The Morgan fingerprint density at radius 3 is 2.73 bits per heavy atom. The molecule has 22 heavy (non-hydrogen) atoms. The summed E-state index contributed by atoms with van der Waals surface area (Å²) in [6.07, 6.45) is 2.14. The average Bonchev–Trinajstić information content (AvgIpc) is 2.93. The third kappa shape index (κ3) is 4.70. The van der Waals surface area contributed by atoms with Crippen molar-refractivity contribution in [2.75, 3.05) is 19.3 Å². The van der Waals surface area contributed by atoms with Crippen molar-refractivity contribution in [1.29, 1.82) is 0 Å². The summed E-state index contributed by atoms with van der Waals surface area (Å²) in [4.78, 5) is 8.08. The van der Waals surface area contributed by atoms with Gasteiger partial charge in [0.2, 0.25) is 0 Å². The van der Waals surface area contributed by atoms with Gasteiger partial charge in [-0.2, -0.15) is 11.8 Å². The van der Waals surface area contributed by atoms with Gasteiger partial charge in [-0.15, -0.1) is 0 Å². The fraction of sp³-hybridized carbons (Fsp3) is 0.471. The van der Waals surface area contributed by atoms with Crippen molar-refractivity contribution in [3.05, 3.63) is 36.0 Å². The molecule has 0 radical (unpaired) electrons. The second kappa shape index (κ2) is 7.58. The van der Waals surface area contributed by atoms with Crippen LogP contribution < -0.4 is 10.6 Å². The lowest BCUT2D eigenvalue weighted by Gasteiger charge is -2.23. The molecule has 0 fully saturated rings. The van der Waals surface area contributed by atoms with Crippen molar-refractivity contribution in [3.8, 4) is 0 Å². The van der Waals surface area contributed by atoms with Crippen molar-refractivity contribution < 1.29 is 0 Å². The number of thioether (sulfide) groups is 1. The predicted octanol–water partition coefficient (Wildman–Crippen LogP) is 3.36. The van der Waals surface area contributed by atoms with E-state index in [1.165, 1.54) is 5.39 Å². The highest BCUT2D eigenvalue weighted by atomic mass is 32.2. The molecule has 3 N–H and O–H groups in total. The Bertz CT molecular complexity index is 597. The van der Waals surface area contributed by atoms with Gasteiger partial charge in [0, 0.05) is 29.0 Å². The van der Waals surface area contributed by atoms with Gasteiger partial charge in [0.25, 0.3) is 0 Å². The van der Waals surface area contributed by atoms with Crippen LogP contribution in [0.5, 0.6) is 0 Å². The van der Waals surface area contributed by atoms with Crippen molar-refractivity contribution in [1.82, 2.24) is 15.6 Å². The van der Waals surface area contributed by atoms with Gasteiger partial charge in [-0.1, -0.05) is 18.2 Å². The molecule has 0 bridgehead atoms. The normalized spacial score (nSPS) is 12.6. The first-order chi connectivity index (χ1) is 10.5. The minimum absolute atomic E-state index is 0.192. The zero-order valence-corrected chi connectivity index (χ0v) is 14.7. The van der Waals surface area contributed by atoms with Crippen molar-refractivity contribution in [2.45, 2.75) is 32.1 Å². The molecule has 5 heteroatoms. The van der Waals surface area contributed by atoms with Crippen LogP contribution in [0.2, 0.25) is 0 Å². The summed E-state index contributed by atoms with van der Waals surface area (Å²) in [6, 6.07) is 10.5. The number of aromatic nitrogens is 1. The first-order valence-corrected chi connectivity index (χ1v) is 8.90. The molecule has 120 valence electrons. The Kier molecular flexibility index (Phi) is 5.77. The second-order valence-corrected chi connectivity index (χ2v) is 7.41. The molecular weight excluding hydrogens is 292 g/mol. The lowest BCUT2D eigenvalue weighted by molar-refractivity contribution is 0.664. The third-order valence-electron chi connectivity index (χ3n) is 3.57. The number of nitrogens with zero attached hydrogens (tertiary/aromatic N) is 1. The Hall–Kier alpha value is -1.62. The van der Waals surface area contributed by atoms with Gasteiger partial charge < -0.3 is 15.6 Å². The van der Waals surface area contributed by atoms with Crippen LogP contribution in [0.25, 0.3) is 10.9 Å². The molecule has 0 saturated heterocycles. The molecule has 1 heterocycles. The first kappa shape index (κ1) is 16.7. The number of rotatable bonds is 6. The van der Waals surface area contributed by atoms with E-state index >= 15 is 0 Å². The van der Waals surface area contributed by atoms with Crippen LogP contribution in [0.1, 0.15) is 26.5 Å². The molecule has 2 aromatic rings. The van der Waals surface area contributed by atoms with Gasteiger partial charge in [0.05, 0.1) is 6.54 Å². The van der Waals surface area contributed by atoms with E-state index in [-0.39, 0.29) is 4.75 Å². The average molecular weight is 318 g/mol. The highest BCUT2D eigenvalue weighted by Gasteiger charge is 2.16. The van der Waals surface area contributed by atoms with Gasteiger partial charge in [-0.3, -0.25) is 0 Å². The molecule has 0 spiro atoms. The Morgan fingerprint density at radius 2 is 2.05 bits per heavy atom. The molecule has 2 rings (SSSR count). The third-order valence-corrected chi connectivity index (χ3v) is 4.82. The fourth-order valence-corrected chi connectivity index (χ4v) is 2.31. The van der Waals surface area contributed by atoms with Crippen LogP contribution in [0.3, 0.4) is 0 Å². The number of guanidine groups is 1. The fourth-order valence-electron chi connectivity index (χ4n) is 2.09. The van der Waals surface area contributed by atoms with E-state index in [4.69, 9.17) is 0 Å². The number of benzene rings is 1. The Balaban J connectivity index is 2.02. The van der Waals surface area contributed by atoms with Crippen LogP contribution in [-0.4, -0.2) is 35.0 Å². The number of H-pyrrole nitrogens is 1. The molecule has 0 aliphatic rings. The standard InChI is InChI=1S/C17H26N4S/c1-5-18-16(20-12-17(2,3)22-4)19-11-14-10-13-8-6-7-9-15(13)21-14/h6-10,21H,5,11-12H2,1-4H3,(H2,18,19,20). The largest absolute Gasteiger partial charge is 0.357 e. The molecule has 0 aliphatic heterocycles. The summed E-state index contributed by atoms with van der Waals surface area (Å²) in [5, 5.41) is 7.95. The number of para-hydroxylation sites is 1. The van der Waals surface area contributed by atoms with Gasteiger partial charge in [-0.25, -0.2) is 4.99 Å². The van der Waals surface area contributed by atoms with Crippen LogP contribution in [0.15, 0.2) is 35.3 Å². The van der Waals surface area contributed by atoms with Crippen LogP contribution in [-0.2, 0) is 6.54 Å². The number of nitrogens with one attached hydrogen (secondary N) is 3. The van der Waals surface area contributed by atoms with Crippen molar-refractivity contribution >= 4 is 28.6 Å². The molecule has 0 amide bonds. The lowest BCUT2D eigenvalue weighted by Crippen LogP contribution is -2.43. The number of fused-ring (bicyclic) bond motifs is 1. The molecule has 0 atom stereocenters. The number of hydrogen-bond acceptors (Lipinski definition) is 2. The smallest absolute Gasteiger partial charge is 0.191 e. The van der Waals surface area contributed by atoms with Crippen molar-refractivity contribution in [3.63, 3.8) is 0 Å². The molecule has 0 aliphatic carbocycles. The Labute approximate surface area is 137 Å². The molecule has 1 aromatic heterocycles. The molecular formula is C17H26N4S. The van der Waals surface area contributed by atoms with E-state index in [0.29, 0.717) is 6.54 Å². The molecule has 1 aromatic carbocycles. The summed E-state index contributed by atoms with van der Waals surface area (Å²) in [7, 11) is 0. The van der Waals surface area contributed by atoms with Crippen LogP contribution in [0.4, 0.5) is 0 Å². The van der Waals surface area contributed by atoms with E-state index in [0.717, 1.165) is 30.3 Å². The highest BCUT2D eigenvalue weighted by Crippen LogP contribution is 2.19. The minimum atomic E-state index is 0.192. The van der Waals surface area contributed by atoms with E-state index in [9.17, 15) is 0 Å². The first-order valence-electron chi connectivity index (χ1n) is 7.68. The maximum atomic E-state index is 4.67. The van der Waals surface area contributed by atoms with Gasteiger partial charge >= 0.3 is 0 Å². The summed E-state index contributed by atoms with van der Waals surface area (Å²) in [6.45, 7) is 8.92. The summed E-state index contributed by atoms with van der Waals surface area (Å²) >= 11 is 1.85. The van der Waals surface area contributed by atoms with Crippen LogP contribution in [0, 0.1) is 0 Å². The van der Waals surface area contributed by atoms with Crippen molar-refractivity contribution in [2.24, 2.45) is 4.99 Å². The highest BCUT2D eigenvalue weighted by molar-refractivity contribution is 7.99. The monoisotopic (exact) mass is 318 g/mol. The molecule has 0 saturated carbocycles. The lowest BCUT2D eigenvalue weighted by atomic mass is 10.2. The topological polar surface area (TPSA) is 52.2 Å². The van der Waals surface area contributed by atoms with E-state index in [2.05, 4.69) is 71.9 Å². The predicted molar refractivity (Wildman–Crippen MR) is 98.7 cm³/mol. The zero-order chi connectivity index (χ0) is 16.0. The molecule has 0 unspecified atom stereocenters. The summed E-state index contributed by atoms with van der Waals surface area (Å²) in [5.41, 5.74) is 2.29. The van der Waals surface area contributed by atoms with E-state index in [1.807, 2.05) is 17.8 Å². The molecule has 4 nitrogen and oxygen atoms in total. The van der Waals surface area contributed by atoms with Crippen LogP contribution >= 0.6 is 11.8 Å². The van der Waals surface area contributed by atoms with E-state index < -0.39 is 0 Å². The minimum Gasteiger partial charge on any atom is -0.357 e. The SMILES string of the molecule is CCNC(=NCc1cc2ccccc2[nH]1)NCC(C)(C)SC. The second-order valence-electron chi connectivity index (χ2n) is 5.89. The van der Waals surface area contributed by atoms with E-state index in [1.54, 1.807) is 0 Å². The quantitative estimate of drug-likeness (QED) is 0.565. The van der Waals surface area contributed by atoms with Gasteiger partial charge in [-0.05, 0) is 44.5 Å². The summed E-state index contributed by atoms with van der Waals surface area (Å²) in [5.74, 6) is 0.864. The number of hydrogen-bond donors (Lipinski definition) is 3. The Morgan fingerprint density at radius 1 is 1.27 bits per heavy atom. The zero-order valence-electron chi connectivity index (χ0n) is 13.9. The summed E-state index contributed by atoms with van der Waals surface area (Å²) < 4.78 is 0.192.